The molecule has 1 aliphatic rings. The highest BCUT2D eigenvalue weighted by atomic mass is 16.4. The van der Waals surface area contributed by atoms with Crippen molar-refractivity contribution < 1.29 is 9.90 Å². The van der Waals surface area contributed by atoms with Crippen molar-refractivity contribution in [3.05, 3.63) is 53.1 Å². The second-order valence-electron chi connectivity index (χ2n) is 5.99. The van der Waals surface area contributed by atoms with Crippen LogP contribution in [0.5, 0.6) is 0 Å². The zero-order valence-electron chi connectivity index (χ0n) is 13.0. The first-order valence-corrected chi connectivity index (χ1v) is 7.61. The van der Waals surface area contributed by atoms with E-state index in [1.807, 2.05) is 26.1 Å². The number of aryl methyl sites for hydroxylation is 2. The molecule has 1 saturated heterocycles. The number of carbonyl (C=O) groups is 1. The van der Waals surface area contributed by atoms with Crippen LogP contribution in [-0.4, -0.2) is 32.1 Å². The van der Waals surface area contributed by atoms with Gasteiger partial charge in [0, 0.05) is 19.8 Å². The fourth-order valence-electron chi connectivity index (χ4n) is 3.29. The van der Waals surface area contributed by atoms with Crippen LogP contribution >= 0.6 is 0 Å². The third-order valence-corrected chi connectivity index (χ3v) is 4.25. The van der Waals surface area contributed by atoms with Crippen molar-refractivity contribution in [3.63, 3.8) is 0 Å². The molecule has 1 atom stereocenters. The van der Waals surface area contributed by atoms with Crippen LogP contribution in [0.3, 0.4) is 0 Å². The van der Waals surface area contributed by atoms with Gasteiger partial charge in [0.1, 0.15) is 5.82 Å². The fraction of sp³-hybridized carbons (Fsp3) is 0.412. The van der Waals surface area contributed by atoms with Crippen LogP contribution in [0.25, 0.3) is 0 Å². The molecule has 3 rings (SSSR count). The van der Waals surface area contributed by atoms with Crippen molar-refractivity contribution in [2.24, 2.45) is 7.05 Å². The Bertz CT molecular complexity index is 693. The second-order valence-corrected chi connectivity index (χ2v) is 5.99. The van der Waals surface area contributed by atoms with E-state index in [2.05, 4.69) is 20.6 Å². The van der Waals surface area contributed by atoms with Gasteiger partial charge in [0.25, 0.3) is 0 Å². The van der Waals surface area contributed by atoms with Gasteiger partial charge in [-0.05, 0) is 44.0 Å². The average Bonchev–Trinajstić information content (AvgIpc) is 3.05. The molecule has 22 heavy (non-hydrogen) atoms. The van der Waals surface area contributed by atoms with E-state index in [9.17, 15) is 4.79 Å². The Morgan fingerprint density at radius 2 is 2.27 bits per heavy atom. The highest BCUT2D eigenvalue weighted by Gasteiger charge is 2.29. The number of aromatic nitrogens is 2. The Morgan fingerprint density at radius 1 is 1.45 bits per heavy atom. The van der Waals surface area contributed by atoms with Crippen molar-refractivity contribution in [2.45, 2.75) is 32.4 Å². The van der Waals surface area contributed by atoms with Gasteiger partial charge in [0.15, 0.2) is 0 Å². The summed E-state index contributed by atoms with van der Waals surface area (Å²) in [6, 6.07) is 7.52. The quantitative estimate of drug-likeness (QED) is 0.943. The van der Waals surface area contributed by atoms with Crippen LogP contribution in [0.1, 0.15) is 46.3 Å². The fourth-order valence-corrected chi connectivity index (χ4v) is 3.29. The van der Waals surface area contributed by atoms with E-state index in [4.69, 9.17) is 5.11 Å². The molecule has 5 nitrogen and oxygen atoms in total. The molecule has 116 valence electrons. The van der Waals surface area contributed by atoms with E-state index in [-0.39, 0.29) is 0 Å². The topological polar surface area (TPSA) is 58.4 Å². The zero-order chi connectivity index (χ0) is 15.7. The van der Waals surface area contributed by atoms with Gasteiger partial charge in [-0.2, -0.15) is 0 Å². The molecular formula is C17H21N3O2. The van der Waals surface area contributed by atoms with Gasteiger partial charge in [-0.1, -0.05) is 12.1 Å². The van der Waals surface area contributed by atoms with Crippen molar-refractivity contribution in [1.82, 2.24) is 14.5 Å². The van der Waals surface area contributed by atoms with E-state index in [0.717, 1.165) is 43.0 Å². The van der Waals surface area contributed by atoms with Gasteiger partial charge in [0.2, 0.25) is 0 Å². The molecule has 0 amide bonds. The minimum atomic E-state index is -0.875. The molecular weight excluding hydrogens is 278 g/mol. The van der Waals surface area contributed by atoms with Crippen LogP contribution in [0, 0.1) is 6.92 Å². The van der Waals surface area contributed by atoms with Gasteiger partial charge in [-0.25, -0.2) is 9.78 Å². The van der Waals surface area contributed by atoms with Gasteiger partial charge in [-0.15, -0.1) is 0 Å². The van der Waals surface area contributed by atoms with E-state index >= 15 is 0 Å². The van der Waals surface area contributed by atoms with Crippen molar-refractivity contribution in [1.29, 1.82) is 0 Å². The van der Waals surface area contributed by atoms with Crippen LogP contribution < -0.4 is 0 Å². The molecule has 0 spiro atoms. The maximum atomic E-state index is 11.1. The van der Waals surface area contributed by atoms with Gasteiger partial charge >= 0.3 is 5.97 Å². The summed E-state index contributed by atoms with van der Waals surface area (Å²) in [5.41, 5.74) is 2.43. The van der Waals surface area contributed by atoms with Crippen LogP contribution in [0.4, 0.5) is 0 Å². The van der Waals surface area contributed by atoms with Gasteiger partial charge in [0.05, 0.1) is 17.3 Å². The number of hydrogen-bond acceptors (Lipinski definition) is 3. The molecule has 1 aromatic carbocycles. The molecule has 1 aliphatic heterocycles. The van der Waals surface area contributed by atoms with Crippen molar-refractivity contribution in [3.8, 4) is 0 Å². The third kappa shape index (κ3) is 2.90. The Kier molecular flexibility index (Phi) is 3.98. The molecule has 2 heterocycles. The summed E-state index contributed by atoms with van der Waals surface area (Å²) in [5.74, 6) is 0.226. The SMILES string of the molecule is Cc1cn(C)c(C2CCCN2Cc2cccc(C(=O)O)c2)n1. The first-order chi connectivity index (χ1) is 10.5. The molecule has 5 heteroatoms. The summed E-state index contributed by atoms with van der Waals surface area (Å²) in [6.07, 6.45) is 4.30. The monoisotopic (exact) mass is 299 g/mol. The van der Waals surface area contributed by atoms with Crippen molar-refractivity contribution >= 4 is 5.97 Å². The number of carboxylic acid groups (broad SMARTS) is 1. The first-order valence-electron chi connectivity index (χ1n) is 7.61. The van der Waals surface area contributed by atoms with Gasteiger partial charge in [-0.3, -0.25) is 4.90 Å². The lowest BCUT2D eigenvalue weighted by atomic mass is 10.1. The molecule has 0 bridgehead atoms. The highest BCUT2D eigenvalue weighted by Crippen LogP contribution is 2.32. The minimum Gasteiger partial charge on any atom is -0.478 e. The molecule has 0 aliphatic carbocycles. The van der Waals surface area contributed by atoms with Gasteiger partial charge < -0.3 is 9.67 Å². The Labute approximate surface area is 130 Å². The molecule has 1 unspecified atom stereocenters. The number of carboxylic acids is 1. The predicted octanol–water partition coefficient (Wildman–Crippen LogP) is 2.76. The van der Waals surface area contributed by atoms with E-state index in [0.29, 0.717) is 11.6 Å². The maximum absolute atomic E-state index is 11.1. The Hall–Kier alpha value is -2.14. The second kappa shape index (κ2) is 5.93. The number of imidazole rings is 1. The Balaban J connectivity index is 1.81. The average molecular weight is 299 g/mol. The third-order valence-electron chi connectivity index (χ3n) is 4.25. The highest BCUT2D eigenvalue weighted by molar-refractivity contribution is 5.87. The number of hydrogen-bond donors (Lipinski definition) is 1. The summed E-state index contributed by atoms with van der Waals surface area (Å²) in [5, 5.41) is 9.11. The summed E-state index contributed by atoms with van der Waals surface area (Å²) in [7, 11) is 2.04. The lowest BCUT2D eigenvalue weighted by Gasteiger charge is -2.24. The van der Waals surface area contributed by atoms with Crippen LogP contribution in [0.2, 0.25) is 0 Å². The lowest BCUT2D eigenvalue weighted by Crippen LogP contribution is -2.25. The molecule has 1 fully saturated rings. The summed E-state index contributed by atoms with van der Waals surface area (Å²) in [4.78, 5) is 18.1. The number of rotatable bonds is 4. The Morgan fingerprint density at radius 3 is 2.95 bits per heavy atom. The molecule has 2 aromatic rings. The zero-order valence-corrected chi connectivity index (χ0v) is 13.0. The summed E-state index contributed by atoms with van der Waals surface area (Å²) >= 11 is 0. The van der Waals surface area contributed by atoms with Crippen LogP contribution in [0.15, 0.2) is 30.5 Å². The normalized spacial score (nSPS) is 18.7. The largest absolute Gasteiger partial charge is 0.478 e. The number of nitrogens with zero attached hydrogens (tertiary/aromatic N) is 3. The minimum absolute atomic E-state index is 0.312. The van der Waals surface area contributed by atoms with Crippen LogP contribution in [-0.2, 0) is 13.6 Å². The molecule has 1 N–H and O–H groups in total. The standard InChI is InChI=1S/C17H21N3O2/c1-12-10-19(2)16(18-12)15-7-4-8-20(15)11-13-5-3-6-14(9-13)17(21)22/h3,5-6,9-10,15H,4,7-8,11H2,1-2H3,(H,21,22). The summed E-state index contributed by atoms with van der Waals surface area (Å²) in [6.45, 7) is 3.80. The van der Waals surface area contributed by atoms with E-state index in [1.165, 1.54) is 0 Å². The van der Waals surface area contributed by atoms with Crippen molar-refractivity contribution in [2.75, 3.05) is 6.54 Å². The van der Waals surface area contributed by atoms with E-state index < -0.39 is 5.97 Å². The first kappa shape index (κ1) is 14.8. The number of aromatic carboxylic acids is 1. The molecule has 0 saturated carbocycles. The maximum Gasteiger partial charge on any atom is 0.335 e. The van der Waals surface area contributed by atoms with E-state index in [1.54, 1.807) is 12.1 Å². The molecule has 1 aromatic heterocycles. The predicted molar refractivity (Wildman–Crippen MR) is 83.7 cm³/mol. The number of benzene rings is 1. The number of likely N-dealkylation sites (tertiary alicyclic amines) is 1. The molecule has 0 radical (unpaired) electrons. The summed E-state index contributed by atoms with van der Waals surface area (Å²) < 4.78 is 2.10. The smallest absolute Gasteiger partial charge is 0.335 e. The lowest BCUT2D eigenvalue weighted by molar-refractivity contribution is 0.0696.